The number of amides is 1. The van der Waals surface area contributed by atoms with E-state index < -0.39 is 10.0 Å². The van der Waals surface area contributed by atoms with Crippen molar-refractivity contribution in [2.75, 3.05) is 13.1 Å². The highest BCUT2D eigenvalue weighted by Crippen LogP contribution is 2.41. The van der Waals surface area contributed by atoms with E-state index >= 15 is 0 Å². The Bertz CT molecular complexity index is 1090. The zero-order chi connectivity index (χ0) is 22.9. The maximum Gasteiger partial charge on any atom is 0.243 e. The molecule has 1 amide bonds. The molecule has 8 heteroatoms. The fourth-order valence-electron chi connectivity index (χ4n) is 4.21. The number of ketones is 1. The average molecular weight is 475 g/mol. The summed E-state index contributed by atoms with van der Waals surface area (Å²) in [5.74, 6) is 0.109. The lowest BCUT2D eigenvalue weighted by Gasteiger charge is -2.31. The number of piperidine rings is 1. The molecule has 32 heavy (non-hydrogen) atoms. The van der Waals surface area contributed by atoms with Crippen LogP contribution in [0.5, 0.6) is 0 Å². The summed E-state index contributed by atoms with van der Waals surface area (Å²) in [4.78, 5) is 24.6. The van der Waals surface area contributed by atoms with Crippen molar-refractivity contribution in [3.63, 3.8) is 0 Å². The van der Waals surface area contributed by atoms with Crippen molar-refractivity contribution >= 4 is 33.3 Å². The van der Waals surface area contributed by atoms with Gasteiger partial charge in [0.2, 0.25) is 15.9 Å². The average Bonchev–Trinajstić information content (AvgIpc) is 3.63. The largest absolute Gasteiger partial charge is 0.349 e. The summed E-state index contributed by atoms with van der Waals surface area (Å²) >= 11 is 6.00. The normalized spacial score (nSPS) is 18.8. The second-order valence-corrected chi connectivity index (χ2v) is 11.0. The minimum atomic E-state index is -3.65. The molecule has 1 heterocycles. The van der Waals surface area contributed by atoms with Gasteiger partial charge in [-0.15, -0.1) is 0 Å². The van der Waals surface area contributed by atoms with Crippen LogP contribution in [-0.4, -0.2) is 37.5 Å². The van der Waals surface area contributed by atoms with Gasteiger partial charge in [0.25, 0.3) is 0 Å². The molecule has 1 N–H and O–H groups in total. The summed E-state index contributed by atoms with van der Waals surface area (Å²) in [5, 5.41) is 3.87. The van der Waals surface area contributed by atoms with Crippen LogP contribution in [0.25, 0.3) is 0 Å². The quantitative estimate of drug-likeness (QED) is 0.609. The van der Waals surface area contributed by atoms with Gasteiger partial charge in [0, 0.05) is 29.6 Å². The summed E-state index contributed by atoms with van der Waals surface area (Å²) < 4.78 is 27.4. The third-order valence-corrected chi connectivity index (χ3v) is 8.51. The van der Waals surface area contributed by atoms with E-state index in [1.54, 1.807) is 0 Å². The SMILES string of the molecule is CC(=O)c1ccc(S(=O)(=O)N2CCC(C(=O)N[C@H](c3ccc(Cl)cc3)C3CC3)CC2)cc1. The number of sulfonamides is 1. The Labute approximate surface area is 194 Å². The van der Waals surface area contributed by atoms with Gasteiger partial charge in [-0.25, -0.2) is 8.42 Å². The number of nitrogens with one attached hydrogen (secondary N) is 1. The predicted molar refractivity (Wildman–Crippen MR) is 123 cm³/mol. The van der Waals surface area contributed by atoms with Crippen LogP contribution < -0.4 is 5.32 Å². The Morgan fingerprint density at radius 2 is 1.56 bits per heavy atom. The van der Waals surface area contributed by atoms with Crippen molar-refractivity contribution in [2.24, 2.45) is 11.8 Å². The topological polar surface area (TPSA) is 83.6 Å². The van der Waals surface area contributed by atoms with Crippen LogP contribution in [0.4, 0.5) is 0 Å². The molecule has 2 fully saturated rings. The van der Waals surface area contributed by atoms with Gasteiger partial charge in [0.05, 0.1) is 10.9 Å². The van der Waals surface area contributed by atoms with Gasteiger partial charge in [0.15, 0.2) is 5.78 Å². The van der Waals surface area contributed by atoms with E-state index in [2.05, 4.69) is 5.32 Å². The number of benzene rings is 2. The van der Waals surface area contributed by atoms with E-state index in [9.17, 15) is 18.0 Å². The molecule has 1 aliphatic heterocycles. The lowest BCUT2D eigenvalue weighted by molar-refractivity contribution is -0.127. The van der Waals surface area contributed by atoms with Crippen LogP contribution in [0.15, 0.2) is 53.4 Å². The zero-order valence-electron chi connectivity index (χ0n) is 18.0. The first-order chi connectivity index (χ1) is 15.3. The number of Topliss-reactive ketones (excluding diaryl/α,β-unsaturated/α-hetero) is 1. The predicted octanol–water partition coefficient (Wildman–Crippen LogP) is 4.21. The third kappa shape index (κ3) is 5.05. The Kier molecular flexibility index (Phi) is 6.70. The van der Waals surface area contributed by atoms with Crippen molar-refractivity contribution in [1.82, 2.24) is 9.62 Å². The molecule has 6 nitrogen and oxygen atoms in total. The van der Waals surface area contributed by atoms with Crippen molar-refractivity contribution in [1.29, 1.82) is 0 Å². The van der Waals surface area contributed by atoms with Crippen molar-refractivity contribution in [3.05, 3.63) is 64.7 Å². The van der Waals surface area contributed by atoms with Crippen molar-refractivity contribution in [2.45, 2.75) is 43.5 Å². The first-order valence-electron chi connectivity index (χ1n) is 10.9. The highest BCUT2D eigenvalue weighted by Gasteiger charge is 2.37. The van der Waals surface area contributed by atoms with Gasteiger partial charge in [-0.3, -0.25) is 9.59 Å². The molecule has 0 unspecified atom stereocenters. The molecular weight excluding hydrogens is 448 g/mol. The van der Waals surface area contributed by atoms with E-state index in [1.807, 2.05) is 24.3 Å². The molecule has 2 aromatic rings. The summed E-state index contributed by atoms with van der Waals surface area (Å²) in [7, 11) is -3.65. The molecule has 1 saturated heterocycles. The Morgan fingerprint density at radius 3 is 2.09 bits per heavy atom. The van der Waals surface area contributed by atoms with Crippen LogP contribution in [0.3, 0.4) is 0 Å². The van der Waals surface area contributed by atoms with Crippen LogP contribution in [0, 0.1) is 11.8 Å². The minimum absolute atomic E-state index is 0.0142. The first-order valence-corrected chi connectivity index (χ1v) is 12.7. The lowest BCUT2D eigenvalue weighted by atomic mass is 9.95. The number of hydrogen-bond donors (Lipinski definition) is 1. The Hall–Kier alpha value is -2.22. The zero-order valence-corrected chi connectivity index (χ0v) is 19.5. The number of halogens is 1. The molecule has 4 rings (SSSR count). The van der Waals surface area contributed by atoms with Crippen molar-refractivity contribution < 1.29 is 18.0 Å². The molecule has 0 spiro atoms. The minimum Gasteiger partial charge on any atom is -0.349 e. The molecule has 2 aliphatic rings. The molecule has 0 bridgehead atoms. The van der Waals surface area contributed by atoms with Gasteiger partial charge in [-0.1, -0.05) is 35.9 Å². The number of rotatable bonds is 7. The molecular formula is C24H27ClN2O4S. The maximum absolute atomic E-state index is 13.0. The number of carbonyl (C=O) groups is 2. The van der Waals surface area contributed by atoms with Gasteiger partial charge < -0.3 is 5.32 Å². The molecule has 0 radical (unpaired) electrons. The number of carbonyl (C=O) groups excluding carboxylic acids is 2. The fraction of sp³-hybridized carbons (Fsp3) is 0.417. The maximum atomic E-state index is 13.0. The molecule has 1 atom stereocenters. The summed E-state index contributed by atoms with van der Waals surface area (Å²) in [6, 6.07) is 13.6. The molecule has 2 aromatic carbocycles. The van der Waals surface area contributed by atoms with Gasteiger partial charge >= 0.3 is 0 Å². The Balaban J connectivity index is 1.37. The number of hydrogen-bond acceptors (Lipinski definition) is 4. The summed E-state index contributed by atoms with van der Waals surface area (Å²) in [5.41, 5.74) is 1.53. The van der Waals surface area contributed by atoms with E-state index in [1.165, 1.54) is 35.5 Å². The standard InChI is InChI=1S/C24H27ClN2O4S/c1-16(28)17-6-10-22(11-7-17)32(30,31)27-14-12-20(13-15-27)24(29)26-23(18-2-3-18)19-4-8-21(25)9-5-19/h4-11,18,20,23H,2-3,12-15H2,1H3,(H,26,29)/t23-/m0/s1. The second kappa shape index (κ2) is 9.33. The smallest absolute Gasteiger partial charge is 0.243 e. The van der Waals surface area contributed by atoms with Gasteiger partial charge in [-0.2, -0.15) is 4.31 Å². The van der Waals surface area contributed by atoms with E-state index in [0.717, 1.165) is 18.4 Å². The summed E-state index contributed by atoms with van der Waals surface area (Å²) in [6.45, 7) is 2.04. The van der Waals surface area contributed by atoms with Crippen LogP contribution >= 0.6 is 11.6 Å². The van der Waals surface area contributed by atoms with Crippen LogP contribution in [-0.2, 0) is 14.8 Å². The van der Waals surface area contributed by atoms with E-state index in [0.29, 0.717) is 42.4 Å². The monoisotopic (exact) mass is 474 g/mol. The highest BCUT2D eigenvalue weighted by molar-refractivity contribution is 7.89. The van der Waals surface area contributed by atoms with Crippen molar-refractivity contribution in [3.8, 4) is 0 Å². The third-order valence-electron chi connectivity index (χ3n) is 6.34. The fourth-order valence-corrected chi connectivity index (χ4v) is 5.81. The second-order valence-electron chi connectivity index (χ2n) is 8.63. The Morgan fingerprint density at radius 1 is 0.969 bits per heavy atom. The number of nitrogens with zero attached hydrogens (tertiary/aromatic N) is 1. The highest BCUT2D eigenvalue weighted by atomic mass is 35.5. The van der Waals surface area contributed by atoms with E-state index in [4.69, 9.17) is 11.6 Å². The lowest BCUT2D eigenvalue weighted by Crippen LogP contribution is -2.44. The molecule has 1 aliphatic carbocycles. The van der Waals surface area contributed by atoms with Crippen LogP contribution in [0.2, 0.25) is 5.02 Å². The molecule has 170 valence electrons. The van der Waals surface area contributed by atoms with Gasteiger partial charge in [-0.05, 0) is 68.4 Å². The summed E-state index contributed by atoms with van der Waals surface area (Å²) in [6.07, 6.45) is 3.14. The molecule has 0 aromatic heterocycles. The van der Waals surface area contributed by atoms with E-state index in [-0.39, 0.29) is 28.5 Å². The van der Waals surface area contributed by atoms with Gasteiger partial charge in [0.1, 0.15) is 0 Å². The van der Waals surface area contributed by atoms with Crippen LogP contribution in [0.1, 0.15) is 54.6 Å². The molecule has 1 saturated carbocycles. The first kappa shape index (κ1) is 23.0.